The van der Waals surface area contributed by atoms with Crippen molar-refractivity contribution in [2.45, 2.75) is 119 Å². The molecule has 0 radical (unpaired) electrons. The van der Waals surface area contributed by atoms with Crippen molar-refractivity contribution in [1.29, 1.82) is 0 Å². The highest BCUT2D eigenvalue weighted by atomic mass is 16.6. The quantitative estimate of drug-likeness (QED) is 0.240. The summed E-state index contributed by atoms with van der Waals surface area (Å²) >= 11 is 0. The summed E-state index contributed by atoms with van der Waals surface area (Å²) in [5.41, 5.74) is -2.25. The molecule has 1 fully saturated rings. The van der Waals surface area contributed by atoms with Gasteiger partial charge in [0.2, 0.25) is 0 Å². The van der Waals surface area contributed by atoms with Gasteiger partial charge in [-0.1, -0.05) is 45.9 Å². The van der Waals surface area contributed by atoms with Crippen LogP contribution in [0.5, 0.6) is 0 Å². The van der Waals surface area contributed by atoms with Gasteiger partial charge in [0, 0.05) is 52.9 Å². The molecule has 0 aromatic carbocycles. The van der Waals surface area contributed by atoms with Crippen LogP contribution in [0.25, 0.3) is 0 Å². The molecule has 2 rings (SSSR count). The van der Waals surface area contributed by atoms with Gasteiger partial charge in [-0.3, -0.25) is 28.8 Å². The minimum Gasteiger partial charge on any atom is -0.461 e. The fourth-order valence-electron chi connectivity index (χ4n) is 6.44. The highest BCUT2D eigenvalue weighted by Gasteiger charge is 2.62. The van der Waals surface area contributed by atoms with E-state index < -0.39 is 89.2 Å². The molecule has 12 heteroatoms. The highest BCUT2D eigenvalue weighted by molar-refractivity contribution is 5.70. The van der Waals surface area contributed by atoms with Crippen molar-refractivity contribution < 1.29 is 57.2 Å². The van der Waals surface area contributed by atoms with E-state index in [1.807, 2.05) is 6.92 Å². The lowest BCUT2D eigenvalue weighted by Gasteiger charge is -2.44. The molecule has 2 aliphatic carbocycles. The molecule has 1 saturated carbocycles. The number of hydrogen-bond acceptors (Lipinski definition) is 12. The van der Waals surface area contributed by atoms with Crippen molar-refractivity contribution in [3.63, 3.8) is 0 Å². The lowest BCUT2D eigenvalue weighted by Crippen LogP contribution is -2.56. The number of esters is 6. The maximum absolute atomic E-state index is 12.7. The molecule has 0 aromatic rings. The van der Waals surface area contributed by atoms with Gasteiger partial charge in [-0.25, -0.2) is 0 Å². The third-order valence-corrected chi connectivity index (χ3v) is 7.95. The largest absolute Gasteiger partial charge is 0.461 e. The average Bonchev–Trinajstić information content (AvgIpc) is 3.10. The Morgan fingerprint density at radius 1 is 0.682 bits per heavy atom. The zero-order valence-corrected chi connectivity index (χ0v) is 27.5. The first-order valence-corrected chi connectivity index (χ1v) is 14.6. The average molecular weight is 623 g/mol. The van der Waals surface area contributed by atoms with Crippen molar-refractivity contribution in [3.8, 4) is 0 Å². The van der Waals surface area contributed by atoms with Crippen LogP contribution in [0, 0.1) is 23.2 Å². The van der Waals surface area contributed by atoms with E-state index in [0.717, 1.165) is 0 Å². The van der Waals surface area contributed by atoms with Gasteiger partial charge in [-0.2, -0.15) is 0 Å². The Balaban J connectivity index is 3.09. The normalized spacial score (nSPS) is 33.2. The molecular weight excluding hydrogens is 576 g/mol. The zero-order chi connectivity index (χ0) is 33.7. The second kappa shape index (κ2) is 14.4. The van der Waals surface area contributed by atoms with E-state index in [1.54, 1.807) is 45.9 Å². The smallest absolute Gasteiger partial charge is 0.303 e. The predicted molar refractivity (Wildman–Crippen MR) is 155 cm³/mol. The Hall–Kier alpha value is -3.70. The van der Waals surface area contributed by atoms with Gasteiger partial charge in [-0.05, 0) is 24.8 Å². The molecule has 12 nitrogen and oxygen atoms in total. The molecule has 44 heavy (non-hydrogen) atoms. The van der Waals surface area contributed by atoms with Gasteiger partial charge >= 0.3 is 35.8 Å². The van der Waals surface area contributed by atoms with Gasteiger partial charge in [-0.15, -0.1) is 0 Å². The molecule has 0 aliphatic heterocycles. The molecule has 0 N–H and O–H groups in total. The van der Waals surface area contributed by atoms with E-state index >= 15 is 0 Å². The fraction of sp³-hybridized carbons (Fsp3) is 0.688. The summed E-state index contributed by atoms with van der Waals surface area (Å²) < 4.78 is 35.0. The van der Waals surface area contributed by atoms with Crippen LogP contribution in [0.2, 0.25) is 0 Å². The van der Waals surface area contributed by atoms with Gasteiger partial charge < -0.3 is 28.4 Å². The minimum atomic E-state index is -1.53. The molecule has 0 amide bonds. The third-order valence-electron chi connectivity index (χ3n) is 7.95. The topological polar surface area (TPSA) is 158 Å². The minimum absolute atomic E-state index is 0.153. The monoisotopic (exact) mass is 622 g/mol. The molecular formula is C32H46O12. The zero-order valence-electron chi connectivity index (χ0n) is 27.5. The number of ether oxygens (including phenoxy) is 6. The van der Waals surface area contributed by atoms with Gasteiger partial charge in [0.15, 0.2) is 23.9 Å². The number of carbonyl (C=O) groups is 6. The van der Waals surface area contributed by atoms with Gasteiger partial charge in [0.1, 0.15) is 12.2 Å². The number of hydrogen-bond donors (Lipinski definition) is 0. The summed E-state index contributed by atoms with van der Waals surface area (Å²) in [6.07, 6.45) is -0.429. The van der Waals surface area contributed by atoms with E-state index in [1.165, 1.54) is 41.5 Å². The number of rotatable bonds is 6. The van der Waals surface area contributed by atoms with Crippen LogP contribution < -0.4 is 0 Å². The molecule has 2 aliphatic rings. The van der Waals surface area contributed by atoms with Gasteiger partial charge in [0.05, 0.1) is 5.92 Å². The van der Waals surface area contributed by atoms with Crippen molar-refractivity contribution >= 4 is 35.8 Å². The Morgan fingerprint density at radius 2 is 1.16 bits per heavy atom. The summed E-state index contributed by atoms with van der Waals surface area (Å²) in [5, 5.41) is 0. The van der Waals surface area contributed by atoms with E-state index in [0.29, 0.717) is 5.57 Å². The SMILES string of the molecule is CC(=O)OC1C(C)=CC2C(OC(C)=O)C(C)CC2(OC(C)=O)C(OC(C)=O)C(C)C=CC(C)(C)C(OC(C)=O)C1OC(C)=O. The molecule has 0 aromatic heterocycles. The number of fused-ring (bicyclic) bond motifs is 1. The molecule has 0 spiro atoms. The lowest BCUT2D eigenvalue weighted by molar-refractivity contribution is -0.197. The second-order valence-corrected chi connectivity index (χ2v) is 12.4. The molecule has 9 atom stereocenters. The molecule has 0 heterocycles. The summed E-state index contributed by atoms with van der Waals surface area (Å²) in [5.74, 6) is -5.84. The summed E-state index contributed by atoms with van der Waals surface area (Å²) in [6.45, 7) is 16.0. The first-order valence-electron chi connectivity index (χ1n) is 14.6. The summed E-state index contributed by atoms with van der Waals surface area (Å²) in [6, 6.07) is 0. The number of carbonyl (C=O) groups excluding carboxylic acids is 6. The molecule has 9 unspecified atom stereocenters. The molecule has 246 valence electrons. The fourth-order valence-corrected chi connectivity index (χ4v) is 6.44. The first-order chi connectivity index (χ1) is 20.2. The predicted octanol–water partition coefficient (Wildman–Crippen LogP) is 3.78. The Kier molecular flexibility index (Phi) is 11.9. The second-order valence-electron chi connectivity index (χ2n) is 12.4. The van der Waals surface area contributed by atoms with Crippen LogP contribution in [0.4, 0.5) is 0 Å². The van der Waals surface area contributed by atoms with Crippen LogP contribution in [0.1, 0.15) is 82.6 Å². The van der Waals surface area contributed by atoms with Crippen LogP contribution in [-0.2, 0) is 57.2 Å². The van der Waals surface area contributed by atoms with E-state index in [2.05, 4.69) is 0 Å². The van der Waals surface area contributed by atoms with Crippen molar-refractivity contribution in [1.82, 2.24) is 0 Å². The molecule has 0 saturated heterocycles. The lowest BCUT2D eigenvalue weighted by atomic mass is 9.74. The van der Waals surface area contributed by atoms with Crippen LogP contribution in [0.15, 0.2) is 23.8 Å². The van der Waals surface area contributed by atoms with Crippen LogP contribution >= 0.6 is 0 Å². The van der Waals surface area contributed by atoms with Crippen LogP contribution in [-0.4, -0.2) is 71.9 Å². The Morgan fingerprint density at radius 3 is 1.64 bits per heavy atom. The van der Waals surface area contributed by atoms with E-state index in [9.17, 15) is 28.8 Å². The van der Waals surface area contributed by atoms with E-state index in [-0.39, 0.29) is 12.3 Å². The summed E-state index contributed by atoms with van der Waals surface area (Å²) in [4.78, 5) is 74.8. The first kappa shape index (κ1) is 36.5. The highest BCUT2D eigenvalue weighted by Crippen LogP contribution is 2.51. The van der Waals surface area contributed by atoms with Crippen molar-refractivity contribution in [3.05, 3.63) is 23.8 Å². The standard InChI is InChI=1S/C32H46O12/c1-16-12-13-31(10,11)30(43-23(8)37)28(41-21(6)35)27(40-20(5)34)17(2)14-25-26(39-19(4)33)18(3)15-32(25,44-24(9)38)29(16)42-22(7)36/h12-14,16,18,25-30H,15H2,1-11H3. The maximum Gasteiger partial charge on any atom is 0.303 e. The van der Waals surface area contributed by atoms with Crippen LogP contribution in [0.3, 0.4) is 0 Å². The summed E-state index contributed by atoms with van der Waals surface area (Å²) in [7, 11) is 0. The molecule has 0 bridgehead atoms. The van der Waals surface area contributed by atoms with Crippen molar-refractivity contribution in [2.75, 3.05) is 0 Å². The van der Waals surface area contributed by atoms with E-state index in [4.69, 9.17) is 28.4 Å². The Bertz CT molecular complexity index is 1200. The third kappa shape index (κ3) is 8.69. The van der Waals surface area contributed by atoms with Gasteiger partial charge in [0.25, 0.3) is 0 Å². The van der Waals surface area contributed by atoms with Crippen molar-refractivity contribution in [2.24, 2.45) is 23.2 Å². The Labute approximate surface area is 258 Å². The maximum atomic E-state index is 12.7.